The van der Waals surface area contributed by atoms with Crippen molar-refractivity contribution < 1.29 is 0 Å². The van der Waals surface area contributed by atoms with Crippen LogP contribution in [0.3, 0.4) is 0 Å². The second-order valence-corrected chi connectivity index (χ2v) is 4.66. The molecule has 1 heteroatoms. The van der Waals surface area contributed by atoms with Gasteiger partial charge < -0.3 is 5.32 Å². The van der Waals surface area contributed by atoms with Crippen LogP contribution in [0.4, 0.5) is 0 Å². The molecule has 94 valence electrons. The number of rotatable bonds is 6. The van der Waals surface area contributed by atoms with Crippen molar-refractivity contribution >= 4 is 0 Å². The van der Waals surface area contributed by atoms with Gasteiger partial charge >= 0.3 is 0 Å². The molecular weight excluding hydrogens is 218 g/mol. The lowest BCUT2D eigenvalue weighted by molar-refractivity contribution is 0.675. The Hall–Kier alpha value is -1.60. The average molecular weight is 239 g/mol. The molecule has 0 radical (unpaired) electrons. The van der Waals surface area contributed by atoms with Crippen molar-refractivity contribution in [1.82, 2.24) is 5.32 Å². The molecule has 18 heavy (non-hydrogen) atoms. The van der Waals surface area contributed by atoms with Crippen LogP contribution in [0.5, 0.6) is 0 Å². The van der Waals surface area contributed by atoms with E-state index < -0.39 is 0 Å². The predicted octanol–water partition coefficient (Wildman–Crippen LogP) is 3.78. The highest BCUT2D eigenvalue weighted by Crippen LogP contribution is 2.10. The van der Waals surface area contributed by atoms with Crippen molar-refractivity contribution in [3.63, 3.8) is 0 Å². The Labute approximate surface area is 110 Å². The molecule has 0 fully saturated rings. The average Bonchev–Trinajstić information content (AvgIpc) is 2.42. The zero-order valence-corrected chi connectivity index (χ0v) is 11.0. The maximum absolute atomic E-state index is 3.42. The molecule has 0 saturated heterocycles. The molecule has 0 atom stereocenters. The van der Waals surface area contributed by atoms with E-state index in [1.807, 2.05) is 0 Å². The van der Waals surface area contributed by atoms with Gasteiger partial charge in [-0.3, -0.25) is 0 Å². The molecule has 0 saturated carbocycles. The summed E-state index contributed by atoms with van der Waals surface area (Å²) in [5.74, 6) is 0. The summed E-state index contributed by atoms with van der Waals surface area (Å²) in [7, 11) is 0. The summed E-state index contributed by atoms with van der Waals surface area (Å²) in [6.45, 7) is 4.25. The summed E-state index contributed by atoms with van der Waals surface area (Å²) in [4.78, 5) is 0. The molecule has 0 aliphatic carbocycles. The molecule has 1 N–H and O–H groups in total. The standard InChI is InChI=1S/C17H21N/c1-2-12-18-14-17-10-8-16(9-11-17)13-15-6-4-3-5-7-15/h3-11,18H,2,12-14H2,1H3. The van der Waals surface area contributed by atoms with Gasteiger partial charge in [0.1, 0.15) is 0 Å². The third-order valence-corrected chi connectivity index (χ3v) is 3.03. The van der Waals surface area contributed by atoms with Crippen LogP contribution in [-0.4, -0.2) is 6.54 Å². The lowest BCUT2D eigenvalue weighted by atomic mass is 10.0. The van der Waals surface area contributed by atoms with Gasteiger partial charge in [0.25, 0.3) is 0 Å². The number of benzene rings is 2. The van der Waals surface area contributed by atoms with Crippen LogP contribution in [-0.2, 0) is 13.0 Å². The molecule has 0 spiro atoms. The Bertz CT molecular complexity index is 445. The Balaban J connectivity index is 1.91. The summed E-state index contributed by atoms with van der Waals surface area (Å²) in [6, 6.07) is 19.5. The fourth-order valence-electron chi connectivity index (χ4n) is 2.02. The quantitative estimate of drug-likeness (QED) is 0.756. The Kier molecular flexibility index (Phi) is 4.98. The van der Waals surface area contributed by atoms with Gasteiger partial charge in [-0.2, -0.15) is 0 Å². The normalized spacial score (nSPS) is 10.5. The van der Waals surface area contributed by atoms with E-state index >= 15 is 0 Å². The van der Waals surface area contributed by atoms with E-state index in [1.165, 1.54) is 23.1 Å². The van der Waals surface area contributed by atoms with Crippen LogP contribution in [0, 0.1) is 0 Å². The zero-order chi connectivity index (χ0) is 12.6. The van der Waals surface area contributed by atoms with E-state index in [0.29, 0.717) is 0 Å². The first-order valence-electron chi connectivity index (χ1n) is 6.71. The Morgan fingerprint density at radius 3 is 2.06 bits per heavy atom. The van der Waals surface area contributed by atoms with Crippen LogP contribution in [0.25, 0.3) is 0 Å². The van der Waals surface area contributed by atoms with Gasteiger partial charge in [0.2, 0.25) is 0 Å². The molecule has 0 bridgehead atoms. The summed E-state index contributed by atoms with van der Waals surface area (Å²) in [6.07, 6.45) is 2.20. The fraction of sp³-hybridized carbons (Fsp3) is 0.294. The second-order valence-electron chi connectivity index (χ2n) is 4.66. The highest BCUT2D eigenvalue weighted by molar-refractivity contribution is 5.28. The first-order chi connectivity index (χ1) is 8.88. The maximum Gasteiger partial charge on any atom is 0.0205 e. The van der Waals surface area contributed by atoms with Gasteiger partial charge in [-0.25, -0.2) is 0 Å². The number of hydrogen-bond donors (Lipinski definition) is 1. The van der Waals surface area contributed by atoms with Crippen molar-refractivity contribution in [3.05, 3.63) is 71.3 Å². The van der Waals surface area contributed by atoms with Crippen molar-refractivity contribution in [2.45, 2.75) is 26.3 Å². The van der Waals surface area contributed by atoms with Gasteiger partial charge in [-0.15, -0.1) is 0 Å². The van der Waals surface area contributed by atoms with Crippen molar-refractivity contribution in [3.8, 4) is 0 Å². The van der Waals surface area contributed by atoms with Crippen LogP contribution in [0.1, 0.15) is 30.0 Å². The van der Waals surface area contributed by atoms with E-state index in [1.54, 1.807) is 0 Å². The lowest BCUT2D eigenvalue weighted by Gasteiger charge is -2.05. The monoisotopic (exact) mass is 239 g/mol. The third-order valence-electron chi connectivity index (χ3n) is 3.03. The molecule has 0 amide bonds. The van der Waals surface area contributed by atoms with Crippen molar-refractivity contribution in [2.24, 2.45) is 0 Å². The van der Waals surface area contributed by atoms with E-state index in [9.17, 15) is 0 Å². The van der Waals surface area contributed by atoms with E-state index in [-0.39, 0.29) is 0 Å². The van der Waals surface area contributed by atoms with Gasteiger partial charge in [0.05, 0.1) is 0 Å². The minimum Gasteiger partial charge on any atom is -0.313 e. The van der Waals surface area contributed by atoms with Crippen LogP contribution in [0.2, 0.25) is 0 Å². The lowest BCUT2D eigenvalue weighted by Crippen LogP contribution is -2.13. The van der Waals surface area contributed by atoms with Crippen LogP contribution in [0.15, 0.2) is 54.6 Å². The molecule has 2 aromatic rings. The molecule has 1 nitrogen and oxygen atoms in total. The third kappa shape index (κ3) is 4.01. The van der Waals surface area contributed by atoms with Crippen LogP contribution < -0.4 is 5.32 Å². The molecule has 0 aromatic heterocycles. The van der Waals surface area contributed by atoms with E-state index in [4.69, 9.17) is 0 Å². The molecule has 0 aliphatic heterocycles. The molecule has 2 rings (SSSR count). The summed E-state index contributed by atoms with van der Waals surface area (Å²) >= 11 is 0. The summed E-state index contributed by atoms with van der Waals surface area (Å²) in [5, 5.41) is 3.42. The minimum absolute atomic E-state index is 0.972. The number of hydrogen-bond acceptors (Lipinski definition) is 1. The SMILES string of the molecule is CCCNCc1ccc(Cc2ccccc2)cc1. The van der Waals surface area contributed by atoms with Gasteiger partial charge in [0.15, 0.2) is 0 Å². The Morgan fingerprint density at radius 2 is 1.39 bits per heavy atom. The van der Waals surface area contributed by atoms with Gasteiger partial charge in [-0.05, 0) is 36.1 Å². The molecule has 0 unspecified atom stereocenters. The highest BCUT2D eigenvalue weighted by atomic mass is 14.8. The Morgan fingerprint density at radius 1 is 0.778 bits per heavy atom. The van der Waals surface area contributed by atoms with E-state index in [2.05, 4.69) is 66.8 Å². The smallest absolute Gasteiger partial charge is 0.0205 e. The highest BCUT2D eigenvalue weighted by Gasteiger charge is 1.96. The molecule has 2 aromatic carbocycles. The minimum atomic E-state index is 0.972. The molecular formula is C17H21N. The topological polar surface area (TPSA) is 12.0 Å². The predicted molar refractivity (Wildman–Crippen MR) is 77.7 cm³/mol. The number of nitrogens with one attached hydrogen (secondary N) is 1. The van der Waals surface area contributed by atoms with Gasteiger partial charge in [-0.1, -0.05) is 61.5 Å². The van der Waals surface area contributed by atoms with Crippen molar-refractivity contribution in [1.29, 1.82) is 0 Å². The maximum atomic E-state index is 3.42. The van der Waals surface area contributed by atoms with Crippen LogP contribution >= 0.6 is 0 Å². The first kappa shape index (κ1) is 12.8. The van der Waals surface area contributed by atoms with Gasteiger partial charge in [0, 0.05) is 6.54 Å². The summed E-state index contributed by atoms with van der Waals surface area (Å²) in [5.41, 5.74) is 4.11. The first-order valence-corrected chi connectivity index (χ1v) is 6.71. The van der Waals surface area contributed by atoms with E-state index in [0.717, 1.165) is 19.5 Å². The fourth-order valence-corrected chi connectivity index (χ4v) is 2.02. The summed E-state index contributed by atoms with van der Waals surface area (Å²) < 4.78 is 0. The molecule has 0 heterocycles. The second kappa shape index (κ2) is 6.97. The molecule has 0 aliphatic rings. The van der Waals surface area contributed by atoms with Crippen molar-refractivity contribution in [2.75, 3.05) is 6.54 Å². The largest absolute Gasteiger partial charge is 0.313 e. The zero-order valence-electron chi connectivity index (χ0n) is 11.0.